The Morgan fingerprint density at radius 3 is 2.07 bits per heavy atom. The van der Waals surface area contributed by atoms with Gasteiger partial charge in [0.25, 0.3) is 0 Å². The predicted molar refractivity (Wildman–Crippen MR) is 57.9 cm³/mol. The normalized spacial score (nSPS) is 10.3. The summed E-state index contributed by atoms with van der Waals surface area (Å²) in [6, 6.07) is 0. The van der Waals surface area contributed by atoms with E-state index < -0.39 is 0 Å². The van der Waals surface area contributed by atoms with Crippen LogP contribution in [0.1, 0.15) is 20.8 Å². The van der Waals surface area contributed by atoms with Gasteiger partial charge in [0.2, 0.25) is 0 Å². The number of esters is 1. The maximum Gasteiger partial charge on any atom is 0.330 e. The summed E-state index contributed by atoms with van der Waals surface area (Å²) in [7, 11) is 0. The van der Waals surface area contributed by atoms with Gasteiger partial charge in [-0.15, -0.1) is 0 Å². The van der Waals surface area contributed by atoms with E-state index in [0.717, 1.165) is 30.7 Å². The molecule has 0 unspecified atom stereocenters. The van der Waals surface area contributed by atoms with E-state index in [1.165, 1.54) is 6.08 Å². The first-order valence-electron chi connectivity index (χ1n) is 5.28. The van der Waals surface area contributed by atoms with Gasteiger partial charge in [0.1, 0.15) is 13.2 Å². The summed E-state index contributed by atoms with van der Waals surface area (Å²) in [6.45, 7) is 14.5. The molecule has 0 aromatic rings. The Hall–Kier alpha value is -0.100. The first-order valence-corrected chi connectivity index (χ1v) is 5.28. The summed E-state index contributed by atoms with van der Waals surface area (Å²) in [5.74, 6) is -0.327. The van der Waals surface area contributed by atoms with Crippen LogP contribution < -0.4 is 24.0 Å². The topological polar surface area (TPSA) is 26.3 Å². The maximum atomic E-state index is 10.8. The second-order valence-electron chi connectivity index (χ2n) is 3.39. The van der Waals surface area contributed by atoms with Crippen LogP contribution in [0.4, 0.5) is 0 Å². The van der Waals surface area contributed by atoms with Gasteiger partial charge >= 0.3 is 5.97 Å². The Balaban J connectivity index is 0. The lowest BCUT2D eigenvalue weighted by molar-refractivity contribution is -0.923. The Kier molecular flexibility index (Phi) is 10.6. The fourth-order valence-corrected chi connectivity index (χ4v) is 1.54. The minimum absolute atomic E-state index is 0. The number of quaternary nitrogens is 1. The summed E-state index contributed by atoms with van der Waals surface area (Å²) in [5, 5.41) is 0. The Morgan fingerprint density at radius 2 is 1.73 bits per heavy atom. The summed E-state index contributed by atoms with van der Waals surface area (Å²) in [6.07, 6.45) is 1.21. The van der Waals surface area contributed by atoms with Crippen LogP contribution >= 0.6 is 0 Å². The number of ether oxygens (including phenoxy) is 1. The molecule has 0 fully saturated rings. The van der Waals surface area contributed by atoms with Crippen molar-refractivity contribution in [1.82, 2.24) is 0 Å². The molecule has 0 saturated carbocycles. The molecule has 0 atom stereocenters. The molecule has 0 aromatic heterocycles. The van der Waals surface area contributed by atoms with E-state index >= 15 is 0 Å². The Bertz CT molecular complexity index is 183. The predicted octanol–water partition coefficient (Wildman–Crippen LogP) is -1.40. The third kappa shape index (κ3) is 6.14. The smallest absolute Gasteiger partial charge is 0.330 e. The van der Waals surface area contributed by atoms with Gasteiger partial charge in [-0.1, -0.05) is 6.58 Å². The molecule has 0 aliphatic rings. The van der Waals surface area contributed by atoms with Crippen molar-refractivity contribution in [1.29, 1.82) is 0 Å². The molecular formula is C11H22INO2. The van der Waals surface area contributed by atoms with Gasteiger partial charge < -0.3 is 33.2 Å². The van der Waals surface area contributed by atoms with Crippen LogP contribution in [0.2, 0.25) is 0 Å². The molecule has 15 heavy (non-hydrogen) atoms. The third-order valence-corrected chi connectivity index (χ3v) is 2.99. The van der Waals surface area contributed by atoms with Crippen LogP contribution in [0.25, 0.3) is 0 Å². The summed E-state index contributed by atoms with van der Waals surface area (Å²) in [5.41, 5.74) is 0. The van der Waals surface area contributed by atoms with E-state index in [0.29, 0.717) is 6.61 Å². The van der Waals surface area contributed by atoms with Gasteiger partial charge in [-0.3, -0.25) is 0 Å². The third-order valence-electron chi connectivity index (χ3n) is 2.99. The number of hydrogen-bond acceptors (Lipinski definition) is 2. The van der Waals surface area contributed by atoms with E-state index in [4.69, 9.17) is 4.74 Å². The minimum Gasteiger partial charge on any atom is -1.00 e. The molecule has 90 valence electrons. The average molecular weight is 327 g/mol. The van der Waals surface area contributed by atoms with E-state index in [9.17, 15) is 4.79 Å². The van der Waals surface area contributed by atoms with Crippen LogP contribution in [0.3, 0.4) is 0 Å². The molecule has 0 aliphatic carbocycles. The lowest BCUT2D eigenvalue weighted by Gasteiger charge is -2.35. The maximum absolute atomic E-state index is 10.8. The lowest BCUT2D eigenvalue weighted by Crippen LogP contribution is -3.00. The molecule has 3 nitrogen and oxygen atoms in total. The van der Waals surface area contributed by atoms with Gasteiger partial charge in [0, 0.05) is 6.08 Å². The standard InChI is InChI=1S/C11H22NO2.HI/c1-5-11(13)14-10-9-12(6-2,7-3)8-4;/h5H,1,6-10H2,2-4H3;1H/q+1;/p-1. The molecule has 0 bridgehead atoms. The molecule has 0 aliphatic heterocycles. The van der Waals surface area contributed by atoms with Gasteiger partial charge in [-0.05, 0) is 20.8 Å². The molecule has 0 aromatic carbocycles. The molecule has 0 saturated heterocycles. The highest BCUT2D eigenvalue weighted by Crippen LogP contribution is 2.04. The summed E-state index contributed by atoms with van der Waals surface area (Å²) >= 11 is 0. The van der Waals surface area contributed by atoms with Crippen molar-refractivity contribution in [3.8, 4) is 0 Å². The number of carbonyl (C=O) groups is 1. The van der Waals surface area contributed by atoms with Gasteiger partial charge in [-0.2, -0.15) is 0 Å². The molecule has 0 rings (SSSR count). The van der Waals surface area contributed by atoms with Crippen LogP contribution in [0, 0.1) is 0 Å². The second-order valence-corrected chi connectivity index (χ2v) is 3.39. The molecule has 0 heterocycles. The molecule has 0 spiro atoms. The fraction of sp³-hybridized carbons (Fsp3) is 0.727. The molecule has 0 N–H and O–H groups in total. The first-order chi connectivity index (χ1) is 6.64. The SMILES string of the molecule is C=CC(=O)OCC[N+](CC)(CC)CC.[I-]. The van der Waals surface area contributed by atoms with E-state index in [-0.39, 0.29) is 29.9 Å². The zero-order valence-corrected chi connectivity index (χ0v) is 12.1. The zero-order valence-electron chi connectivity index (χ0n) is 9.96. The van der Waals surface area contributed by atoms with Gasteiger partial charge in [-0.25, -0.2) is 4.79 Å². The number of carbonyl (C=O) groups excluding carboxylic acids is 1. The lowest BCUT2D eigenvalue weighted by atomic mass is 10.3. The van der Waals surface area contributed by atoms with E-state index in [1.807, 2.05) is 0 Å². The van der Waals surface area contributed by atoms with Crippen LogP contribution in [0.15, 0.2) is 12.7 Å². The largest absolute Gasteiger partial charge is 1.00 e. The van der Waals surface area contributed by atoms with Crippen LogP contribution in [-0.2, 0) is 9.53 Å². The average Bonchev–Trinajstić information content (AvgIpc) is 2.25. The number of likely N-dealkylation sites (N-methyl/N-ethyl adjacent to an activating group) is 1. The molecule has 0 radical (unpaired) electrons. The van der Waals surface area contributed by atoms with Crippen molar-refractivity contribution < 1.29 is 38.0 Å². The number of rotatable bonds is 7. The highest BCUT2D eigenvalue weighted by Gasteiger charge is 2.20. The highest BCUT2D eigenvalue weighted by molar-refractivity contribution is 5.81. The van der Waals surface area contributed by atoms with Crippen LogP contribution in [0.5, 0.6) is 0 Å². The molecular weight excluding hydrogens is 305 g/mol. The van der Waals surface area contributed by atoms with E-state index in [1.54, 1.807) is 0 Å². The van der Waals surface area contributed by atoms with Crippen molar-refractivity contribution >= 4 is 5.97 Å². The van der Waals surface area contributed by atoms with Crippen molar-refractivity contribution in [2.45, 2.75) is 20.8 Å². The zero-order chi connectivity index (χ0) is 11.0. The molecule has 0 amide bonds. The summed E-state index contributed by atoms with van der Waals surface area (Å²) in [4.78, 5) is 10.8. The van der Waals surface area contributed by atoms with Gasteiger partial charge in [0.15, 0.2) is 0 Å². The monoisotopic (exact) mass is 327 g/mol. The summed E-state index contributed by atoms with van der Waals surface area (Å²) < 4.78 is 5.98. The Labute approximate surface area is 110 Å². The first kappa shape index (κ1) is 17.3. The van der Waals surface area contributed by atoms with Crippen molar-refractivity contribution in [2.75, 3.05) is 32.8 Å². The van der Waals surface area contributed by atoms with Crippen molar-refractivity contribution in [3.63, 3.8) is 0 Å². The minimum atomic E-state index is -0.327. The quantitative estimate of drug-likeness (QED) is 0.249. The van der Waals surface area contributed by atoms with Gasteiger partial charge in [0.05, 0.1) is 19.6 Å². The number of nitrogens with zero attached hydrogens (tertiary/aromatic N) is 1. The number of halogens is 1. The molecule has 4 heteroatoms. The number of hydrogen-bond donors (Lipinski definition) is 0. The highest BCUT2D eigenvalue weighted by atomic mass is 127. The Morgan fingerprint density at radius 1 is 1.27 bits per heavy atom. The fourth-order valence-electron chi connectivity index (χ4n) is 1.54. The second kappa shape index (κ2) is 9.15. The van der Waals surface area contributed by atoms with Crippen molar-refractivity contribution in [2.24, 2.45) is 0 Å². The van der Waals surface area contributed by atoms with Crippen LogP contribution in [-0.4, -0.2) is 43.2 Å². The van der Waals surface area contributed by atoms with E-state index in [2.05, 4.69) is 27.4 Å². The van der Waals surface area contributed by atoms with Crippen molar-refractivity contribution in [3.05, 3.63) is 12.7 Å².